The minimum atomic E-state index is 0.148. The van der Waals surface area contributed by atoms with Crippen molar-refractivity contribution in [3.05, 3.63) is 71.8 Å². The van der Waals surface area contributed by atoms with Crippen LogP contribution in [-0.4, -0.2) is 60.9 Å². The minimum Gasteiger partial charge on any atom is -0.357 e. The van der Waals surface area contributed by atoms with E-state index in [4.69, 9.17) is 4.99 Å². The number of amides is 1. The summed E-state index contributed by atoms with van der Waals surface area (Å²) in [5, 5.41) is 3.43. The Morgan fingerprint density at radius 3 is 1.89 bits per heavy atom. The van der Waals surface area contributed by atoms with Crippen molar-refractivity contribution in [1.29, 1.82) is 0 Å². The lowest BCUT2D eigenvalue weighted by Gasteiger charge is -2.36. The highest BCUT2D eigenvalue weighted by Gasteiger charge is 2.21. The fraction of sp³-hybridized carbons (Fsp3) is 0.391. The summed E-state index contributed by atoms with van der Waals surface area (Å²) >= 11 is 0. The first kappa shape index (κ1) is 19.9. The van der Waals surface area contributed by atoms with Crippen molar-refractivity contribution in [1.82, 2.24) is 15.1 Å². The quantitative estimate of drug-likeness (QED) is 0.643. The number of aliphatic imine (C=N–C) groups is 1. The molecule has 5 nitrogen and oxygen atoms in total. The van der Waals surface area contributed by atoms with Gasteiger partial charge in [0, 0.05) is 45.6 Å². The van der Waals surface area contributed by atoms with Gasteiger partial charge in [-0.15, -0.1) is 0 Å². The summed E-state index contributed by atoms with van der Waals surface area (Å²) in [6.07, 6.45) is 0. The molecule has 1 N–H and O–H groups in total. The standard InChI is InChI=1S/C23H30N4O/c1-3-24-23(27-16-14-26(15-17-27)19(2)28)25-18-22(20-10-6-4-7-11-20)21-12-8-5-9-13-21/h4-13,22H,3,14-18H2,1-2H3,(H,24,25). The van der Waals surface area contributed by atoms with E-state index in [1.54, 1.807) is 6.92 Å². The van der Waals surface area contributed by atoms with Crippen LogP contribution in [0.1, 0.15) is 30.9 Å². The molecular formula is C23H30N4O. The van der Waals surface area contributed by atoms with E-state index < -0.39 is 0 Å². The summed E-state index contributed by atoms with van der Waals surface area (Å²) in [6, 6.07) is 21.1. The van der Waals surface area contributed by atoms with Gasteiger partial charge in [-0.1, -0.05) is 60.7 Å². The Morgan fingerprint density at radius 1 is 0.929 bits per heavy atom. The number of guanidine groups is 1. The van der Waals surface area contributed by atoms with Crippen LogP contribution in [0.5, 0.6) is 0 Å². The van der Waals surface area contributed by atoms with Crippen LogP contribution in [0.15, 0.2) is 65.7 Å². The first-order chi connectivity index (χ1) is 13.7. The number of nitrogens with one attached hydrogen (secondary N) is 1. The number of hydrogen-bond acceptors (Lipinski definition) is 2. The lowest BCUT2D eigenvalue weighted by molar-refractivity contribution is -0.130. The predicted molar refractivity (Wildman–Crippen MR) is 115 cm³/mol. The zero-order valence-electron chi connectivity index (χ0n) is 16.8. The maximum atomic E-state index is 11.6. The molecule has 5 heteroatoms. The first-order valence-corrected chi connectivity index (χ1v) is 10.1. The van der Waals surface area contributed by atoms with E-state index in [9.17, 15) is 4.79 Å². The van der Waals surface area contributed by atoms with Crippen molar-refractivity contribution in [2.45, 2.75) is 19.8 Å². The highest BCUT2D eigenvalue weighted by atomic mass is 16.2. The van der Waals surface area contributed by atoms with E-state index in [0.29, 0.717) is 6.54 Å². The molecule has 0 aromatic heterocycles. The van der Waals surface area contributed by atoms with Crippen molar-refractivity contribution in [2.75, 3.05) is 39.3 Å². The van der Waals surface area contributed by atoms with Crippen LogP contribution in [0, 0.1) is 0 Å². The molecule has 0 aliphatic carbocycles. The normalized spacial score (nSPS) is 15.0. The topological polar surface area (TPSA) is 47.9 Å². The second-order valence-corrected chi connectivity index (χ2v) is 7.06. The molecule has 2 aromatic rings. The van der Waals surface area contributed by atoms with Crippen LogP contribution in [0.2, 0.25) is 0 Å². The fourth-order valence-corrected chi connectivity index (χ4v) is 3.61. The van der Waals surface area contributed by atoms with Crippen molar-refractivity contribution >= 4 is 11.9 Å². The monoisotopic (exact) mass is 378 g/mol. The second kappa shape index (κ2) is 9.93. The van der Waals surface area contributed by atoms with Crippen LogP contribution in [0.4, 0.5) is 0 Å². The van der Waals surface area contributed by atoms with Crippen LogP contribution in [-0.2, 0) is 4.79 Å². The molecule has 3 rings (SSSR count). The Morgan fingerprint density at radius 2 is 1.43 bits per heavy atom. The molecule has 2 aromatic carbocycles. The number of piperazine rings is 1. The SMILES string of the molecule is CCNC(=NCC(c1ccccc1)c1ccccc1)N1CCN(C(C)=O)CC1. The van der Waals surface area contributed by atoms with Gasteiger partial charge in [-0.3, -0.25) is 9.79 Å². The van der Waals surface area contributed by atoms with E-state index >= 15 is 0 Å². The molecule has 0 bridgehead atoms. The van der Waals surface area contributed by atoms with Gasteiger partial charge >= 0.3 is 0 Å². The third-order valence-electron chi connectivity index (χ3n) is 5.19. The molecule has 1 amide bonds. The molecule has 1 heterocycles. The summed E-state index contributed by atoms with van der Waals surface area (Å²) < 4.78 is 0. The summed E-state index contributed by atoms with van der Waals surface area (Å²) in [6.45, 7) is 8.36. The molecule has 0 saturated carbocycles. The molecule has 1 aliphatic rings. The summed E-state index contributed by atoms with van der Waals surface area (Å²) in [5.74, 6) is 1.30. The maximum absolute atomic E-state index is 11.6. The minimum absolute atomic E-state index is 0.148. The molecule has 0 atom stereocenters. The zero-order valence-corrected chi connectivity index (χ0v) is 16.8. The highest BCUT2D eigenvalue weighted by Crippen LogP contribution is 2.25. The third-order valence-corrected chi connectivity index (χ3v) is 5.19. The highest BCUT2D eigenvalue weighted by molar-refractivity contribution is 5.80. The molecule has 1 aliphatic heterocycles. The smallest absolute Gasteiger partial charge is 0.219 e. The number of carbonyl (C=O) groups is 1. The van der Waals surface area contributed by atoms with Crippen molar-refractivity contribution < 1.29 is 4.79 Å². The second-order valence-electron chi connectivity index (χ2n) is 7.06. The Balaban J connectivity index is 1.78. The Labute approximate surface area is 168 Å². The Kier molecular flexibility index (Phi) is 7.06. The van der Waals surface area contributed by atoms with Gasteiger partial charge in [-0.25, -0.2) is 0 Å². The summed E-state index contributed by atoms with van der Waals surface area (Å²) in [4.78, 5) is 20.7. The van der Waals surface area contributed by atoms with E-state index in [0.717, 1.165) is 38.7 Å². The van der Waals surface area contributed by atoms with Gasteiger partial charge in [0.1, 0.15) is 0 Å². The molecule has 28 heavy (non-hydrogen) atoms. The van der Waals surface area contributed by atoms with E-state index in [1.165, 1.54) is 11.1 Å². The molecule has 0 radical (unpaired) electrons. The summed E-state index contributed by atoms with van der Waals surface area (Å²) in [5.41, 5.74) is 2.55. The van der Waals surface area contributed by atoms with Crippen molar-refractivity contribution in [3.63, 3.8) is 0 Å². The largest absolute Gasteiger partial charge is 0.357 e. The first-order valence-electron chi connectivity index (χ1n) is 10.1. The van der Waals surface area contributed by atoms with Crippen LogP contribution < -0.4 is 5.32 Å². The van der Waals surface area contributed by atoms with Crippen LogP contribution in [0.3, 0.4) is 0 Å². The number of benzene rings is 2. The lowest BCUT2D eigenvalue weighted by atomic mass is 9.91. The van der Waals surface area contributed by atoms with Gasteiger partial charge in [0.05, 0.1) is 6.54 Å². The van der Waals surface area contributed by atoms with Gasteiger partial charge in [-0.2, -0.15) is 0 Å². The average Bonchev–Trinajstić information content (AvgIpc) is 2.75. The van der Waals surface area contributed by atoms with Gasteiger partial charge in [0.25, 0.3) is 0 Å². The molecular weight excluding hydrogens is 348 g/mol. The zero-order chi connectivity index (χ0) is 19.8. The Bertz CT molecular complexity index is 728. The van der Waals surface area contributed by atoms with Crippen LogP contribution in [0.25, 0.3) is 0 Å². The maximum Gasteiger partial charge on any atom is 0.219 e. The van der Waals surface area contributed by atoms with Gasteiger partial charge in [0.15, 0.2) is 5.96 Å². The van der Waals surface area contributed by atoms with Crippen molar-refractivity contribution in [2.24, 2.45) is 4.99 Å². The number of nitrogens with zero attached hydrogens (tertiary/aromatic N) is 3. The predicted octanol–water partition coefficient (Wildman–Crippen LogP) is 2.95. The molecule has 0 spiro atoms. The number of rotatable bonds is 5. The lowest BCUT2D eigenvalue weighted by Crippen LogP contribution is -2.53. The van der Waals surface area contributed by atoms with Gasteiger partial charge in [-0.05, 0) is 18.1 Å². The van der Waals surface area contributed by atoms with Crippen molar-refractivity contribution in [3.8, 4) is 0 Å². The van der Waals surface area contributed by atoms with Crippen LogP contribution >= 0.6 is 0 Å². The summed E-state index contributed by atoms with van der Waals surface area (Å²) in [7, 11) is 0. The average molecular weight is 379 g/mol. The van der Waals surface area contributed by atoms with E-state index in [1.807, 2.05) is 17.0 Å². The Hall–Kier alpha value is -2.82. The molecule has 1 fully saturated rings. The third kappa shape index (κ3) is 5.12. The molecule has 148 valence electrons. The van der Waals surface area contributed by atoms with E-state index in [2.05, 4.69) is 65.7 Å². The van der Waals surface area contributed by atoms with Gasteiger partial charge in [0.2, 0.25) is 5.91 Å². The number of carbonyl (C=O) groups excluding carboxylic acids is 1. The molecule has 1 saturated heterocycles. The van der Waals surface area contributed by atoms with E-state index in [-0.39, 0.29) is 11.8 Å². The van der Waals surface area contributed by atoms with Gasteiger partial charge < -0.3 is 15.1 Å². The fourth-order valence-electron chi connectivity index (χ4n) is 3.61. The molecule has 0 unspecified atom stereocenters. The number of hydrogen-bond donors (Lipinski definition) is 1.